The van der Waals surface area contributed by atoms with Crippen LogP contribution in [-0.2, 0) is 17.8 Å². The summed E-state index contributed by atoms with van der Waals surface area (Å²) in [5.74, 6) is 0.0584. The monoisotopic (exact) mass is 580 g/mol. The van der Waals surface area contributed by atoms with E-state index in [1.165, 1.54) is 53.2 Å². The molecule has 1 amide bonds. The van der Waals surface area contributed by atoms with E-state index in [0.29, 0.717) is 18.5 Å². The van der Waals surface area contributed by atoms with E-state index in [4.69, 9.17) is 0 Å². The fourth-order valence-corrected chi connectivity index (χ4v) is 5.95. The maximum Gasteiger partial charge on any atom is 0.407 e. The first kappa shape index (κ1) is 31.8. The predicted octanol–water partition coefficient (Wildman–Crippen LogP) is 5.99. The van der Waals surface area contributed by atoms with E-state index in [1.807, 2.05) is 22.3 Å². The lowest BCUT2D eigenvalue weighted by molar-refractivity contribution is -0.140. The number of thiophene rings is 1. The van der Waals surface area contributed by atoms with Crippen LogP contribution < -0.4 is 16.0 Å². The second-order valence-corrected chi connectivity index (χ2v) is 11.4. The van der Waals surface area contributed by atoms with Gasteiger partial charge in [0.05, 0.1) is 6.54 Å². The van der Waals surface area contributed by atoms with Crippen LogP contribution in [0.4, 0.5) is 17.6 Å². The Kier molecular flexibility index (Phi) is 11.8. The van der Waals surface area contributed by atoms with Crippen LogP contribution in [0.25, 0.3) is 5.57 Å². The van der Waals surface area contributed by atoms with E-state index in [2.05, 4.69) is 35.9 Å². The summed E-state index contributed by atoms with van der Waals surface area (Å²) in [6.07, 6.45) is 3.87. The molecule has 3 N–H and O–H groups in total. The van der Waals surface area contributed by atoms with Gasteiger partial charge >= 0.3 is 6.18 Å². The minimum Gasteiger partial charge on any atom is -0.391 e. The van der Waals surface area contributed by atoms with Crippen LogP contribution >= 0.6 is 11.3 Å². The summed E-state index contributed by atoms with van der Waals surface area (Å²) >= 11 is 1.88. The summed E-state index contributed by atoms with van der Waals surface area (Å²) in [6.45, 7) is 9.37. The van der Waals surface area contributed by atoms with Gasteiger partial charge in [-0.2, -0.15) is 13.2 Å². The van der Waals surface area contributed by atoms with Crippen LogP contribution in [0.15, 0.2) is 48.7 Å². The van der Waals surface area contributed by atoms with Crippen LogP contribution in [0.2, 0.25) is 0 Å². The van der Waals surface area contributed by atoms with Crippen molar-refractivity contribution in [1.82, 2.24) is 20.9 Å². The summed E-state index contributed by atoms with van der Waals surface area (Å²) in [6, 6.07) is 6.21. The number of carbonyl (C=O) groups excluding carboxylic acids is 1. The lowest BCUT2D eigenvalue weighted by atomic mass is 9.98. The molecule has 2 atom stereocenters. The predicted molar refractivity (Wildman–Crippen MR) is 155 cm³/mol. The van der Waals surface area contributed by atoms with E-state index >= 15 is 0 Å². The standard InChI is InChI=1S/C17H24N2OS.C13H16F4N2/c1-12(2)15-10-13-7-9-19(11-16(13)21-15)17(20)6-5-14-4-3-8-18-14;1-3-19-8-10(12(18-2)13(15,16)17)9-6-4-5-7-11(9)14/h5-6,10,12,14,18H,3-4,7-9,11H2,1-2H3;4-8,12,18-19H,3H2,1-2H3/b6-5+;10-8-. The molecule has 2 aliphatic heterocycles. The minimum atomic E-state index is -4.50. The molecule has 0 aliphatic carbocycles. The smallest absolute Gasteiger partial charge is 0.391 e. The highest BCUT2D eigenvalue weighted by Crippen LogP contribution is 2.33. The molecule has 10 heteroatoms. The molecule has 2 unspecified atom stereocenters. The summed E-state index contributed by atoms with van der Waals surface area (Å²) in [5.41, 5.74) is 1.21. The summed E-state index contributed by atoms with van der Waals surface area (Å²) in [7, 11) is 1.19. The largest absolute Gasteiger partial charge is 0.407 e. The van der Waals surface area contributed by atoms with E-state index in [0.717, 1.165) is 38.5 Å². The molecular weight excluding hydrogens is 540 g/mol. The first-order valence-corrected chi connectivity index (χ1v) is 14.6. The third-order valence-electron chi connectivity index (χ3n) is 6.93. The van der Waals surface area contributed by atoms with Crippen LogP contribution in [0.1, 0.15) is 60.4 Å². The third kappa shape index (κ3) is 8.65. The van der Waals surface area contributed by atoms with E-state index < -0.39 is 18.0 Å². The normalized spacial score (nSPS) is 18.5. The molecule has 0 spiro atoms. The highest BCUT2D eigenvalue weighted by atomic mass is 32.1. The van der Waals surface area contributed by atoms with Gasteiger partial charge in [-0.15, -0.1) is 11.3 Å². The average Bonchev–Trinajstić information content (AvgIpc) is 3.59. The van der Waals surface area contributed by atoms with Crippen molar-refractivity contribution in [3.63, 3.8) is 0 Å². The van der Waals surface area contributed by atoms with Gasteiger partial charge in [-0.05, 0) is 63.4 Å². The number of likely N-dealkylation sites (N-methyl/N-ethyl adjacent to an activating group) is 1. The van der Waals surface area contributed by atoms with Crippen molar-refractivity contribution in [2.75, 3.05) is 26.7 Å². The van der Waals surface area contributed by atoms with Gasteiger partial charge < -0.3 is 20.9 Å². The molecule has 5 nitrogen and oxygen atoms in total. The van der Waals surface area contributed by atoms with Gasteiger partial charge in [0.2, 0.25) is 5.91 Å². The molecule has 1 aromatic carbocycles. The second-order valence-electron chi connectivity index (χ2n) is 10.2. The number of hydrogen-bond acceptors (Lipinski definition) is 5. The quantitative estimate of drug-likeness (QED) is 0.265. The lowest BCUT2D eigenvalue weighted by Crippen LogP contribution is -2.41. The number of nitrogens with zero attached hydrogens (tertiary/aromatic N) is 1. The van der Waals surface area contributed by atoms with Gasteiger partial charge in [-0.25, -0.2) is 4.39 Å². The lowest BCUT2D eigenvalue weighted by Gasteiger charge is -2.25. The topological polar surface area (TPSA) is 56.4 Å². The third-order valence-corrected chi connectivity index (χ3v) is 8.39. The Labute approximate surface area is 238 Å². The van der Waals surface area contributed by atoms with Crippen molar-refractivity contribution in [3.05, 3.63) is 75.4 Å². The van der Waals surface area contributed by atoms with Gasteiger partial charge in [0.15, 0.2) is 0 Å². The van der Waals surface area contributed by atoms with E-state index in [9.17, 15) is 22.4 Å². The Morgan fingerprint density at radius 2 is 2.02 bits per heavy atom. The van der Waals surface area contributed by atoms with Gasteiger partial charge in [0.1, 0.15) is 11.9 Å². The summed E-state index contributed by atoms with van der Waals surface area (Å²) < 4.78 is 52.6. The summed E-state index contributed by atoms with van der Waals surface area (Å²) in [5, 5.41) is 8.26. The molecule has 3 heterocycles. The molecule has 0 saturated carbocycles. The number of benzene rings is 1. The molecule has 1 saturated heterocycles. The van der Waals surface area contributed by atoms with Crippen molar-refractivity contribution >= 4 is 22.8 Å². The molecule has 4 rings (SSSR count). The van der Waals surface area contributed by atoms with Crippen LogP contribution in [0, 0.1) is 5.82 Å². The highest BCUT2D eigenvalue weighted by Gasteiger charge is 2.42. The molecule has 40 heavy (non-hydrogen) atoms. The Hall–Kier alpha value is -2.69. The Balaban J connectivity index is 0.000000222. The number of alkyl halides is 3. The molecule has 220 valence electrons. The van der Waals surface area contributed by atoms with Crippen LogP contribution in [0.3, 0.4) is 0 Å². The minimum absolute atomic E-state index is 0.0693. The van der Waals surface area contributed by atoms with Gasteiger partial charge in [-0.1, -0.05) is 38.1 Å². The second kappa shape index (κ2) is 14.8. The number of hydrogen-bond donors (Lipinski definition) is 3. The zero-order valence-corrected chi connectivity index (χ0v) is 24.4. The molecule has 2 aromatic rings. The zero-order valence-electron chi connectivity index (χ0n) is 23.6. The highest BCUT2D eigenvalue weighted by molar-refractivity contribution is 7.12. The maximum atomic E-state index is 13.7. The van der Waals surface area contributed by atoms with Crippen molar-refractivity contribution in [3.8, 4) is 0 Å². The van der Waals surface area contributed by atoms with Crippen LogP contribution in [-0.4, -0.2) is 55.7 Å². The summed E-state index contributed by atoms with van der Waals surface area (Å²) in [4.78, 5) is 17.1. The van der Waals surface area contributed by atoms with Crippen molar-refractivity contribution in [2.45, 2.75) is 70.8 Å². The molecule has 0 bridgehead atoms. The molecule has 1 fully saturated rings. The van der Waals surface area contributed by atoms with Crippen molar-refractivity contribution < 1.29 is 22.4 Å². The Morgan fingerprint density at radius 3 is 2.62 bits per heavy atom. The fourth-order valence-electron chi connectivity index (χ4n) is 4.71. The Morgan fingerprint density at radius 1 is 1.27 bits per heavy atom. The molecule has 1 aromatic heterocycles. The van der Waals surface area contributed by atoms with Crippen molar-refractivity contribution in [2.24, 2.45) is 0 Å². The van der Waals surface area contributed by atoms with Gasteiger partial charge in [0, 0.05) is 52.3 Å². The van der Waals surface area contributed by atoms with Gasteiger partial charge in [-0.3, -0.25) is 4.79 Å². The Bertz CT molecular complexity index is 1170. The number of halogens is 4. The number of fused-ring (bicyclic) bond motifs is 1. The number of amides is 1. The van der Waals surface area contributed by atoms with E-state index in [-0.39, 0.29) is 17.0 Å². The molecule has 2 aliphatic rings. The first-order valence-electron chi connectivity index (χ1n) is 13.8. The molecular formula is C30H40F4N4OS. The number of rotatable bonds is 8. The zero-order chi connectivity index (χ0) is 29.3. The number of nitrogens with one attached hydrogen (secondary N) is 3. The van der Waals surface area contributed by atoms with Crippen LogP contribution in [0.5, 0.6) is 0 Å². The number of carbonyl (C=O) groups is 1. The van der Waals surface area contributed by atoms with Gasteiger partial charge in [0.25, 0.3) is 0 Å². The molecule has 0 radical (unpaired) electrons. The maximum absolute atomic E-state index is 13.7. The SMILES string of the molecule is CC(C)c1cc2c(s1)CN(C(=O)/C=C/C1CCCN1)CC2.CCN/C=C(/c1ccccc1F)C(NC)C(F)(F)F. The fraction of sp³-hybridized carbons (Fsp3) is 0.500. The first-order chi connectivity index (χ1) is 19.0. The average molecular weight is 581 g/mol. The van der Waals surface area contributed by atoms with E-state index in [1.54, 1.807) is 13.0 Å². The van der Waals surface area contributed by atoms with Crippen molar-refractivity contribution in [1.29, 1.82) is 0 Å².